The van der Waals surface area contributed by atoms with E-state index >= 15 is 0 Å². The Bertz CT molecular complexity index is 388. The summed E-state index contributed by atoms with van der Waals surface area (Å²) in [6.07, 6.45) is 4.29. The first kappa shape index (κ1) is 15.3. The Balaban J connectivity index is 1.73. The lowest BCUT2D eigenvalue weighted by Gasteiger charge is -2.32. The second-order valence-electron chi connectivity index (χ2n) is 6.07. The van der Waals surface area contributed by atoms with Crippen molar-refractivity contribution in [2.75, 3.05) is 20.1 Å². The molecule has 1 aliphatic rings. The highest BCUT2D eigenvalue weighted by molar-refractivity contribution is 5.27. The summed E-state index contributed by atoms with van der Waals surface area (Å²) in [7, 11) is 2.24. The fourth-order valence-corrected chi connectivity index (χ4v) is 2.74. The van der Waals surface area contributed by atoms with Crippen LogP contribution in [0.25, 0.3) is 0 Å². The monoisotopic (exact) mass is 276 g/mol. The molecular formula is C17H28N2O. The van der Waals surface area contributed by atoms with Gasteiger partial charge in [-0.3, -0.25) is 0 Å². The molecule has 3 nitrogen and oxygen atoms in total. The zero-order chi connectivity index (χ0) is 14.4. The Morgan fingerprint density at radius 1 is 1.25 bits per heavy atom. The van der Waals surface area contributed by atoms with Crippen LogP contribution in [0.3, 0.4) is 0 Å². The first-order chi connectivity index (χ1) is 9.65. The van der Waals surface area contributed by atoms with Gasteiger partial charge in [-0.05, 0) is 58.0 Å². The summed E-state index contributed by atoms with van der Waals surface area (Å²) in [6, 6.07) is 9.12. The molecule has 112 valence electrons. The summed E-state index contributed by atoms with van der Waals surface area (Å²) < 4.78 is 5.66. The number of nitrogens with zero attached hydrogens (tertiary/aromatic N) is 1. The van der Waals surface area contributed by atoms with Gasteiger partial charge in [-0.2, -0.15) is 0 Å². The van der Waals surface area contributed by atoms with Crippen LogP contribution in [0, 0.1) is 0 Å². The molecule has 20 heavy (non-hydrogen) atoms. The predicted molar refractivity (Wildman–Crippen MR) is 84.2 cm³/mol. The largest absolute Gasteiger partial charge is 0.491 e. The lowest BCUT2D eigenvalue weighted by molar-refractivity contribution is 0.181. The standard InChI is InChI=1S/C17H28N2O/c1-14(2)20-17-9-7-15(8-10-17)12-18-13-16-6-4-5-11-19(16)3/h7-10,14,16,18H,4-6,11-13H2,1-3H3. The van der Waals surface area contributed by atoms with Gasteiger partial charge in [-0.1, -0.05) is 18.6 Å². The van der Waals surface area contributed by atoms with E-state index in [9.17, 15) is 0 Å². The molecule has 0 amide bonds. The van der Waals surface area contributed by atoms with Gasteiger partial charge in [0, 0.05) is 19.1 Å². The van der Waals surface area contributed by atoms with Crippen molar-refractivity contribution in [2.45, 2.75) is 51.8 Å². The molecule has 1 fully saturated rings. The molecule has 1 saturated heterocycles. The van der Waals surface area contributed by atoms with Gasteiger partial charge in [0.2, 0.25) is 0 Å². The van der Waals surface area contributed by atoms with Crippen LogP contribution in [0.2, 0.25) is 0 Å². The van der Waals surface area contributed by atoms with E-state index in [0.717, 1.165) is 18.8 Å². The van der Waals surface area contributed by atoms with E-state index in [1.807, 2.05) is 0 Å². The summed E-state index contributed by atoms with van der Waals surface area (Å²) in [5.41, 5.74) is 1.32. The number of hydrogen-bond acceptors (Lipinski definition) is 3. The van der Waals surface area contributed by atoms with Crippen LogP contribution in [-0.4, -0.2) is 37.2 Å². The fraction of sp³-hybridized carbons (Fsp3) is 0.647. The number of ether oxygens (including phenoxy) is 1. The second kappa shape index (κ2) is 7.65. The third kappa shape index (κ3) is 4.80. The Kier molecular flexibility index (Phi) is 5.86. The molecule has 0 aliphatic carbocycles. The maximum absolute atomic E-state index is 5.66. The normalized spacial score (nSPS) is 20.3. The Morgan fingerprint density at radius 3 is 2.65 bits per heavy atom. The average molecular weight is 276 g/mol. The fourth-order valence-electron chi connectivity index (χ4n) is 2.74. The predicted octanol–water partition coefficient (Wildman–Crippen LogP) is 3.05. The van der Waals surface area contributed by atoms with Crippen LogP contribution >= 0.6 is 0 Å². The van der Waals surface area contributed by atoms with Gasteiger partial charge in [0.1, 0.15) is 5.75 Å². The van der Waals surface area contributed by atoms with Gasteiger partial charge in [0.25, 0.3) is 0 Å². The van der Waals surface area contributed by atoms with E-state index in [4.69, 9.17) is 4.74 Å². The molecule has 0 saturated carbocycles. The Labute approximate surface area is 123 Å². The van der Waals surface area contributed by atoms with Crippen LogP contribution in [0.1, 0.15) is 38.7 Å². The van der Waals surface area contributed by atoms with Crippen molar-refractivity contribution in [3.63, 3.8) is 0 Å². The van der Waals surface area contributed by atoms with Crippen LogP contribution < -0.4 is 10.1 Å². The summed E-state index contributed by atoms with van der Waals surface area (Å²) in [6.45, 7) is 7.37. The molecule has 1 atom stereocenters. The summed E-state index contributed by atoms with van der Waals surface area (Å²) in [4.78, 5) is 2.48. The Hall–Kier alpha value is -1.06. The number of piperidine rings is 1. The zero-order valence-corrected chi connectivity index (χ0v) is 13.1. The van der Waals surface area contributed by atoms with Crippen LogP contribution in [0.4, 0.5) is 0 Å². The van der Waals surface area contributed by atoms with E-state index in [0.29, 0.717) is 6.04 Å². The quantitative estimate of drug-likeness (QED) is 0.864. The van der Waals surface area contributed by atoms with E-state index in [1.165, 1.54) is 31.4 Å². The van der Waals surface area contributed by atoms with E-state index < -0.39 is 0 Å². The molecule has 3 heteroatoms. The lowest BCUT2D eigenvalue weighted by atomic mass is 10.0. The maximum Gasteiger partial charge on any atom is 0.119 e. The molecule has 1 aromatic rings. The Morgan fingerprint density at radius 2 is 2.00 bits per heavy atom. The SMILES string of the molecule is CC(C)Oc1ccc(CNCC2CCCCN2C)cc1. The minimum atomic E-state index is 0.237. The highest BCUT2D eigenvalue weighted by Gasteiger charge is 2.17. The number of nitrogens with one attached hydrogen (secondary N) is 1. The highest BCUT2D eigenvalue weighted by atomic mass is 16.5. The van der Waals surface area contributed by atoms with Gasteiger partial charge in [0.15, 0.2) is 0 Å². The van der Waals surface area contributed by atoms with Gasteiger partial charge in [0.05, 0.1) is 6.10 Å². The van der Waals surface area contributed by atoms with Gasteiger partial charge < -0.3 is 15.0 Å². The summed E-state index contributed by atoms with van der Waals surface area (Å²) in [5, 5.41) is 3.58. The molecule has 1 unspecified atom stereocenters. The van der Waals surface area contributed by atoms with Crippen molar-refractivity contribution >= 4 is 0 Å². The van der Waals surface area contributed by atoms with Gasteiger partial charge >= 0.3 is 0 Å². The lowest BCUT2D eigenvalue weighted by Crippen LogP contribution is -2.42. The molecule has 1 N–H and O–H groups in total. The molecule has 0 spiro atoms. The van der Waals surface area contributed by atoms with Crippen molar-refractivity contribution in [1.82, 2.24) is 10.2 Å². The van der Waals surface area contributed by atoms with E-state index in [-0.39, 0.29) is 6.10 Å². The summed E-state index contributed by atoms with van der Waals surface area (Å²) >= 11 is 0. The molecule has 0 radical (unpaired) electrons. The molecular weight excluding hydrogens is 248 g/mol. The number of likely N-dealkylation sites (tertiary alicyclic amines) is 1. The van der Waals surface area contributed by atoms with Crippen molar-refractivity contribution < 1.29 is 4.74 Å². The van der Waals surface area contributed by atoms with E-state index in [1.54, 1.807) is 0 Å². The highest BCUT2D eigenvalue weighted by Crippen LogP contribution is 2.15. The molecule has 1 heterocycles. The second-order valence-corrected chi connectivity index (χ2v) is 6.07. The average Bonchev–Trinajstić information content (AvgIpc) is 2.42. The number of hydrogen-bond donors (Lipinski definition) is 1. The van der Waals surface area contributed by atoms with E-state index in [2.05, 4.69) is 55.4 Å². The molecule has 0 aromatic heterocycles. The van der Waals surface area contributed by atoms with Crippen LogP contribution in [0.5, 0.6) is 5.75 Å². The third-order valence-corrected chi connectivity index (χ3v) is 3.93. The number of likely N-dealkylation sites (N-methyl/N-ethyl adjacent to an activating group) is 1. The zero-order valence-electron chi connectivity index (χ0n) is 13.1. The van der Waals surface area contributed by atoms with Gasteiger partial charge in [-0.25, -0.2) is 0 Å². The molecule has 2 rings (SSSR count). The molecule has 0 bridgehead atoms. The molecule has 1 aromatic carbocycles. The van der Waals surface area contributed by atoms with Crippen molar-refractivity contribution in [2.24, 2.45) is 0 Å². The molecule has 1 aliphatic heterocycles. The first-order valence-corrected chi connectivity index (χ1v) is 7.81. The van der Waals surface area contributed by atoms with Crippen LogP contribution in [0.15, 0.2) is 24.3 Å². The number of rotatable bonds is 6. The number of benzene rings is 1. The van der Waals surface area contributed by atoms with Crippen molar-refractivity contribution in [3.8, 4) is 5.75 Å². The van der Waals surface area contributed by atoms with Crippen molar-refractivity contribution in [3.05, 3.63) is 29.8 Å². The minimum absolute atomic E-state index is 0.237. The van der Waals surface area contributed by atoms with Crippen LogP contribution in [-0.2, 0) is 6.54 Å². The summed E-state index contributed by atoms with van der Waals surface area (Å²) in [5.74, 6) is 0.954. The minimum Gasteiger partial charge on any atom is -0.491 e. The van der Waals surface area contributed by atoms with Gasteiger partial charge in [-0.15, -0.1) is 0 Å². The smallest absolute Gasteiger partial charge is 0.119 e. The third-order valence-electron chi connectivity index (χ3n) is 3.93. The first-order valence-electron chi connectivity index (χ1n) is 7.81. The maximum atomic E-state index is 5.66. The van der Waals surface area contributed by atoms with Crippen molar-refractivity contribution in [1.29, 1.82) is 0 Å². The topological polar surface area (TPSA) is 24.5 Å².